The highest BCUT2D eigenvalue weighted by Crippen LogP contribution is 2.22. The molecule has 10 nitrogen and oxygen atoms in total. The van der Waals surface area contributed by atoms with Crippen LogP contribution in [-0.4, -0.2) is 98.7 Å². The molecule has 1 aliphatic heterocycles. The van der Waals surface area contributed by atoms with Crippen molar-refractivity contribution in [1.29, 1.82) is 0 Å². The molecule has 0 radical (unpaired) electrons. The minimum absolute atomic E-state index is 0.307. The Labute approximate surface area is 303 Å². The predicted octanol–water partition coefficient (Wildman–Crippen LogP) is 6.13. The molecular weight excluding hydrogens is 638 g/mol. The largest absolute Gasteiger partial charge is 0.394 e. The van der Waals surface area contributed by atoms with Gasteiger partial charge in [-0.1, -0.05) is 147 Å². The Balaban J connectivity index is 2.53. The average Bonchev–Trinajstić information content (AvgIpc) is 3.11. The fraction of sp³-hybridized carbons (Fsp3) is 0.875. The zero-order chi connectivity index (χ0) is 36.8. The molecule has 0 bridgehead atoms. The molecule has 50 heavy (non-hydrogen) atoms. The Kier molecular flexibility index (Phi) is 29.1. The molecule has 0 aliphatic carbocycles. The van der Waals surface area contributed by atoms with E-state index < -0.39 is 61.5 Å². The number of hydrogen-bond acceptors (Lipinski definition) is 9. The SMILES string of the molecule is CCCCCCCCC=CCCCC=CC(O)C(COC1OC(CO)C(O)C(O)C1O)NC(=O)C(O)CCCCCCCCCCCCCC. The fourth-order valence-corrected chi connectivity index (χ4v) is 6.22. The van der Waals surface area contributed by atoms with E-state index in [0.717, 1.165) is 44.9 Å². The lowest BCUT2D eigenvalue weighted by Gasteiger charge is -2.40. The number of rotatable bonds is 32. The first-order valence-corrected chi connectivity index (χ1v) is 20.2. The Morgan fingerprint density at radius 2 is 1.18 bits per heavy atom. The topological polar surface area (TPSA) is 169 Å². The summed E-state index contributed by atoms with van der Waals surface area (Å²) in [6.45, 7) is 3.55. The van der Waals surface area contributed by atoms with E-state index in [4.69, 9.17) is 9.47 Å². The van der Waals surface area contributed by atoms with Crippen molar-refractivity contribution in [2.45, 2.75) is 210 Å². The van der Waals surface area contributed by atoms with Crippen molar-refractivity contribution in [1.82, 2.24) is 5.32 Å². The summed E-state index contributed by atoms with van der Waals surface area (Å²) in [5.74, 6) is -0.626. The van der Waals surface area contributed by atoms with E-state index in [9.17, 15) is 35.4 Å². The molecule has 1 fully saturated rings. The van der Waals surface area contributed by atoms with E-state index in [-0.39, 0.29) is 6.61 Å². The van der Waals surface area contributed by atoms with Crippen molar-refractivity contribution in [3.8, 4) is 0 Å². The molecular formula is C40H75NO9. The summed E-state index contributed by atoms with van der Waals surface area (Å²) in [7, 11) is 0. The molecule has 0 saturated carbocycles. The van der Waals surface area contributed by atoms with E-state index in [0.29, 0.717) is 12.8 Å². The zero-order valence-corrected chi connectivity index (χ0v) is 31.5. The zero-order valence-electron chi connectivity index (χ0n) is 31.5. The maximum atomic E-state index is 12.9. The lowest BCUT2D eigenvalue weighted by molar-refractivity contribution is -0.302. The van der Waals surface area contributed by atoms with Crippen molar-refractivity contribution in [2.24, 2.45) is 0 Å². The van der Waals surface area contributed by atoms with Gasteiger partial charge in [0.2, 0.25) is 5.91 Å². The second kappa shape index (κ2) is 31.2. The van der Waals surface area contributed by atoms with Gasteiger partial charge >= 0.3 is 0 Å². The highest BCUT2D eigenvalue weighted by atomic mass is 16.7. The summed E-state index contributed by atoms with van der Waals surface area (Å²) in [5, 5.41) is 64.3. The van der Waals surface area contributed by atoms with Crippen molar-refractivity contribution in [2.75, 3.05) is 13.2 Å². The molecule has 10 heteroatoms. The van der Waals surface area contributed by atoms with Crippen LogP contribution in [0.4, 0.5) is 0 Å². The van der Waals surface area contributed by atoms with Gasteiger partial charge in [0.25, 0.3) is 0 Å². The quantitative estimate of drug-likeness (QED) is 0.0320. The van der Waals surface area contributed by atoms with Crippen LogP contribution in [0.3, 0.4) is 0 Å². The van der Waals surface area contributed by atoms with Crippen LogP contribution >= 0.6 is 0 Å². The van der Waals surface area contributed by atoms with Crippen molar-refractivity contribution in [3.63, 3.8) is 0 Å². The molecule has 1 saturated heterocycles. The molecule has 0 spiro atoms. The van der Waals surface area contributed by atoms with E-state index in [1.165, 1.54) is 89.9 Å². The molecule has 0 aromatic heterocycles. The van der Waals surface area contributed by atoms with Crippen LogP contribution in [0.1, 0.15) is 162 Å². The third kappa shape index (κ3) is 21.9. The Morgan fingerprint density at radius 1 is 0.680 bits per heavy atom. The van der Waals surface area contributed by atoms with Crippen molar-refractivity contribution < 1.29 is 44.9 Å². The standard InChI is InChI=1S/C40H75NO9/c1-3-5-7-9-11-13-15-17-19-20-22-24-26-28-33(43)32(31-49-40-38(47)37(46)36(45)35(30-42)50-40)41-39(48)34(44)29-27-25-23-21-18-16-14-12-10-8-6-4-2/h17,19,26,28,32-38,40,42-47H,3-16,18,20-25,27,29-31H2,1-2H3,(H,41,48). The number of aliphatic hydroxyl groups is 6. The van der Waals surface area contributed by atoms with Crippen LogP contribution in [0.5, 0.6) is 0 Å². The molecule has 8 atom stereocenters. The summed E-state index contributed by atoms with van der Waals surface area (Å²) in [6.07, 6.45) is 24.1. The second-order valence-electron chi connectivity index (χ2n) is 14.2. The molecule has 1 rings (SSSR count). The number of nitrogens with one attached hydrogen (secondary N) is 1. The molecule has 0 aromatic rings. The van der Waals surface area contributed by atoms with Crippen LogP contribution < -0.4 is 5.32 Å². The predicted molar refractivity (Wildman–Crippen MR) is 199 cm³/mol. The van der Waals surface area contributed by atoms with Crippen molar-refractivity contribution >= 4 is 5.91 Å². The average molecular weight is 714 g/mol. The van der Waals surface area contributed by atoms with Gasteiger partial charge in [0, 0.05) is 0 Å². The summed E-state index contributed by atoms with van der Waals surface area (Å²) in [5.41, 5.74) is 0. The number of aliphatic hydroxyl groups excluding tert-OH is 6. The summed E-state index contributed by atoms with van der Waals surface area (Å²) in [4.78, 5) is 12.9. The number of unbranched alkanes of at least 4 members (excludes halogenated alkanes) is 19. The minimum atomic E-state index is -1.61. The summed E-state index contributed by atoms with van der Waals surface area (Å²) >= 11 is 0. The van der Waals surface area contributed by atoms with Gasteiger partial charge in [0.1, 0.15) is 30.5 Å². The first-order valence-electron chi connectivity index (χ1n) is 20.2. The van der Waals surface area contributed by atoms with Gasteiger partial charge in [-0.3, -0.25) is 4.79 Å². The number of amides is 1. The lowest BCUT2D eigenvalue weighted by Crippen LogP contribution is -2.60. The number of allylic oxidation sites excluding steroid dienone is 3. The number of carbonyl (C=O) groups excluding carboxylic acids is 1. The third-order valence-electron chi connectivity index (χ3n) is 9.63. The van der Waals surface area contributed by atoms with E-state index in [2.05, 4.69) is 31.3 Å². The molecule has 1 aliphatic rings. The fourth-order valence-electron chi connectivity index (χ4n) is 6.22. The monoisotopic (exact) mass is 714 g/mol. The Hall–Kier alpha value is -1.37. The maximum absolute atomic E-state index is 12.9. The van der Waals surface area contributed by atoms with Gasteiger partial charge in [-0.05, 0) is 38.5 Å². The first kappa shape index (κ1) is 46.7. The highest BCUT2D eigenvalue weighted by molar-refractivity contribution is 5.80. The van der Waals surface area contributed by atoms with E-state index >= 15 is 0 Å². The first-order chi connectivity index (χ1) is 24.3. The molecule has 1 amide bonds. The van der Waals surface area contributed by atoms with Crippen LogP contribution in [0.2, 0.25) is 0 Å². The summed E-state index contributed by atoms with van der Waals surface area (Å²) in [6, 6.07) is -0.986. The molecule has 8 unspecified atom stereocenters. The van der Waals surface area contributed by atoms with Crippen LogP contribution in [0.15, 0.2) is 24.3 Å². The molecule has 7 N–H and O–H groups in total. The Bertz CT molecular complexity index is 855. The smallest absolute Gasteiger partial charge is 0.249 e. The van der Waals surface area contributed by atoms with Gasteiger partial charge in [0.15, 0.2) is 6.29 Å². The lowest BCUT2D eigenvalue weighted by atomic mass is 9.99. The molecule has 294 valence electrons. The number of carbonyl (C=O) groups is 1. The highest BCUT2D eigenvalue weighted by Gasteiger charge is 2.44. The Morgan fingerprint density at radius 3 is 1.74 bits per heavy atom. The van der Waals surface area contributed by atoms with Crippen LogP contribution in [0.25, 0.3) is 0 Å². The maximum Gasteiger partial charge on any atom is 0.249 e. The van der Waals surface area contributed by atoms with E-state index in [1.54, 1.807) is 6.08 Å². The molecule has 0 aromatic carbocycles. The second-order valence-corrected chi connectivity index (χ2v) is 14.2. The number of hydrogen-bond donors (Lipinski definition) is 7. The van der Waals surface area contributed by atoms with Crippen LogP contribution in [-0.2, 0) is 14.3 Å². The third-order valence-corrected chi connectivity index (χ3v) is 9.63. The van der Waals surface area contributed by atoms with Gasteiger partial charge < -0.3 is 45.4 Å². The minimum Gasteiger partial charge on any atom is -0.394 e. The van der Waals surface area contributed by atoms with Crippen LogP contribution in [0, 0.1) is 0 Å². The van der Waals surface area contributed by atoms with Gasteiger partial charge in [-0.15, -0.1) is 0 Å². The van der Waals surface area contributed by atoms with Gasteiger partial charge in [-0.25, -0.2) is 0 Å². The molecule has 1 heterocycles. The number of ether oxygens (including phenoxy) is 2. The van der Waals surface area contributed by atoms with Gasteiger partial charge in [0.05, 0.1) is 25.4 Å². The normalized spacial score (nSPS) is 23.1. The van der Waals surface area contributed by atoms with Gasteiger partial charge in [-0.2, -0.15) is 0 Å². The van der Waals surface area contributed by atoms with Crippen molar-refractivity contribution in [3.05, 3.63) is 24.3 Å². The summed E-state index contributed by atoms with van der Waals surface area (Å²) < 4.78 is 11.1. The van der Waals surface area contributed by atoms with E-state index in [1.807, 2.05) is 6.08 Å².